The summed E-state index contributed by atoms with van der Waals surface area (Å²) < 4.78 is 5.56. The molecule has 0 amide bonds. The van der Waals surface area contributed by atoms with Crippen molar-refractivity contribution in [2.24, 2.45) is 4.99 Å². The van der Waals surface area contributed by atoms with Gasteiger partial charge in [0.05, 0.1) is 25.8 Å². The predicted molar refractivity (Wildman–Crippen MR) is 133 cm³/mol. The van der Waals surface area contributed by atoms with Crippen molar-refractivity contribution < 1.29 is 4.74 Å². The quantitative estimate of drug-likeness (QED) is 0.213. The van der Waals surface area contributed by atoms with Gasteiger partial charge in [-0.25, -0.2) is 0 Å². The zero-order valence-electron chi connectivity index (χ0n) is 17.6. The van der Waals surface area contributed by atoms with Gasteiger partial charge in [0.2, 0.25) is 0 Å². The number of aliphatic imine (C=N–C) groups is 1. The standard InChI is InChI=1S/C21H36N4OS.HI/c1-4-22-21(23-10-5-6-15-27-3)24-17-20(25-11-13-26-14-12-25)19-9-7-8-18(2)16-19;/h7-9,16,20H,4-6,10-15,17H2,1-3H3,(H2,22,23,24);1H. The van der Waals surface area contributed by atoms with Gasteiger partial charge in [-0.05, 0) is 44.3 Å². The minimum atomic E-state index is 0. The molecule has 2 N–H and O–H groups in total. The van der Waals surface area contributed by atoms with Gasteiger partial charge in [-0.3, -0.25) is 9.89 Å². The molecule has 1 aliphatic heterocycles. The van der Waals surface area contributed by atoms with Crippen LogP contribution in [-0.2, 0) is 4.74 Å². The average Bonchev–Trinajstić information content (AvgIpc) is 2.69. The first-order valence-corrected chi connectivity index (χ1v) is 11.5. The Kier molecular flexibility index (Phi) is 14.0. The lowest BCUT2D eigenvalue weighted by atomic mass is 10.0. The molecule has 0 bridgehead atoms. The molecule has 0 spiro atoms. The summed E-state index contributed by atoms with van der Waals surface area (Å²) in [5.74, 6) is 2.15. The van der Waals surface area contributed by atoms with Crippen molar-refractivity contribution in [2.75, 3.05) is 57.9 Å². The highest BCUT2D eigenvalue weighted by atomic mass is 127. The van der Waals surface area contributed by atoms with Crippen LogP contribution in [0.15, 0.2) is 29.3 Å². The number of nitrogens with one attached hydrogen (secondary N) is 2. The molecule has 2 rings (SSSR count). The molecular weight excluding hydrogens is 483 g/mol. The van der Waals surface area contributed by atoms with Crippen LogP contribution in [0.4, 0.5) is 0 Å². The van der Waals surface area contributed by atoms with Crippen LogP contribution in [-0.4, -0.2) is 68.8 Å². The van der Waals surface area contributed by atoms with E-state index in [0.29, 0.717) is 6.04 Å². The Balaban J connectivity index is 0.00000392. The fourth-order valence-corrected chi connectivity index (χ4v) is 3.79. The monoisotopic (exact) mass is 520 g/mol. The van der Waals surface area contributed by atoms with Gasteiger partial charge >= 0.3 is 0 Å². The van der Waals surface area contributed by atoms with Crippen molar-refractivity contribution in [2.45, 2.75) is 32.7 Å². The topological polar surface area (TPSA) is 48.9 Å². The Morgan fingerprint density at radius 2 is 2.04 bits per heavy atom. The van der Waals surface area contributed by atoms with Crippen molar-refractivity contribution in [3.63, 3.8) is 0 Å². The number of halogens is 1. The highest BCUT2D eigenvalue weighted by Crippen LogP contribution is 2.23. The fraction of sp³-hybridized carbons (Fsp3) is 0.667. The first-order valence-electron chi connectivity index (χ1n) is 10.1. The Morgan fingerprint density at radius 1 is 1.25 bits per heavy atom. The summed E-state index contributed by atoms with van der Waals surface area (Å²) in [5.41, 5.74) is 2.64. The largest absolute Gasteiger partial charge is 0.379 e. The molecule has 0 radical (unpaired) electrons. The lowest BCUT2D eigenvalue weighted by molar-refractivity contribution is 0.0179. The van der Waals surface area contributed by atoms with Crippen LogP contribution < -0.4 is 10.6 Å². The average molecular weight is 521 g/mol. The maximum absolute atomic E-state index is 5.56. The van der Waals surface area contributed by atoms with E-state index in [1.54, 1.807) is 0 Å². The van der Waals surface area contributed by atoms with Crippen LogP contribution in [0.25, 0.3) is 0 Å². The number of morpholine rings is 1. The van der Waals surface area contributed by atoms with E-state index in [0.717, 1.165) is 51.9 Å². The smallest absolute Gasteiger partial charge is 0.191 e. The van der Waals surface area contributed by atoms with Gasteiger partial charge in [0.25, 0.3) is 0 Å². The number of nitrogens with zero attached hydrogens (tertiary/aromatic N) is 2. The summed E-state index contributed by atoms with van der Waals surface area (Å²) in [4.78, 5) is 7.42. The van der Waals surface area contributed by atoms with E-state index in [2.05, 4.69) is 59.9 Å². The lowest BCUT2D eigenvalue weighted by Gasteiger charge is -2.34. The summed E-state index contributed by atoms with van der Waals surface area (Å²) in [7, 11) is 0. The van der Waals surface area contributed by atoms with E-state index in [1.165, 1.54) is 29.7 Å². The van der Waals surface area contributed by atoms with Crippen molar-refractivity contribution >= 4 is 41.7 Å². The number of benzene rings is 1. The summed E-state index contributed by atoms with van der Waals surface area (Å²) >= 11 is 1.91. The Bertz CT molecular complexity index is 567. The minimum absolute atomic E-state index is 0. The predicted octanol–water partition coefficient (Wildman–Crippen LogP) is 3.68. The molecule has 1 atom stereocenters. The van der Waals surface area contributed by atoms with Crippen molar-refractivity contribution in [3.8, 4) is 0 Å². The van der Waals surface area contributed by atoms with Gasteiger partial charge in [0, 0.05) is 26.2 Å². The normalized spacial score (nSPS) is 16.3. The van der Waals surface area contributed by atoms with E-state index < -0.39 is 0 Å². The van der Waals surface area contributed by atoms with E-state index in [9.17, 15) is 0 Å². The molecule has 1 heterocycles. The van der Waals surface area contributed by atoms with Crippen LogP contribution in [0.5, 0.6) is 0 Å². The molecular formula is C21H37IN4OS. The molecule has 7 heteroatoms. The molecule has 28 heavy (non-hydrogen) atoms. The number of hydrogen-bond donors (Lipinski definition) is 2. The maximum Gasteiger partial charge on any atom is 0.191 e. The second kappa shape index (κ2) is 15.3. The first-order chi connectivity index (χ1) is 13.2. The number of unbranched alkanes of at least 4 members (excludes halogenated alkanes) is 1. The molecule has 1 unspecified atom stereocenters. The highest BCUT2D eigenvalue weighted by Gasteiger charge is 2.22. The number of hydrogen-bond acceptors (Lipinski definition) is 4. The van der Waals surface area contributed by atoms with Crippen molar-refractivity contribution in [1.29, 1.82) is 0 Å². The van der Waals surface area contributed by atoms with Crippen LogP contribution in [0.2, 0.25) is 0 Å². The zero-order valence-corrected chi connectivity index (χ0v) is 20.7. The van der Waals surface area contributed by atoms with Crippen molar-refractivity contribution in [1.82, 2.24) is 15.5 Å². The molecule has 0 aromatic heterocycles. The third kappa shape index (κ3) is 9.33. The number of thioether (sulfide) groups is 1. The van der Waals surface area contributed by atoms with Gasteiger partial charge in [-0.2, -0.15) is 11.8 Å². The SMILES string of the molecule is CCNC(=NCC(c1cccc(C)c1)N1CCOCC1)NCCCCSC.I. The van der Waals surface area contributed by atoms with Crippen molar-refractivity contribution in [3.05, 3.63) is 35.4 Å². The number of guanidine groups is 1. The first kappa shape index (κ1) is 25.5. The second-order valence-corrected chi connectivity index (χ2v) is 7.91. The third-order valence-electron chi connectivity index (χ3n) is 4.75. The van der Waals surface area contributed by atoms with Gasteiger partial charge in [-0.15, -0.1) is 24.0 Å². The molecule has 0 saturated carbocycles. The van der Waals surface area contributed by atoms with Gasteiger partial charge in [0.1, 0.15) is 0 Å². The third-order valence-corrected chi connectivity index (χ3v) is 5.44. The zero-order chi connectivity index (χ0) is 19.3. The maximum atomic E-state index is 5.56. The summed E-state index contributed by atoms with van der Waals surface area (Å²) in [6, 6.07) is 9.12. The molecule has 1 fully saturated rings. The summed E-state index contributed by atoms with van der Waals surface area (Å²) in [6.07, 6.45) is 4.58. The molecule has 160 valence electrons. The fourth-order valence-electron chi connectivity index (χ4n) is 3.30. The van der Waals surface area contributed by atoms with Gasteiger partial charge in [0.15, 0.2) is 5.96 Å². The highest BCUT2D eigenvalue weighted by molar-refractivity contribution is 14.0. The molecule has 5 nitrogen and oxygen atoms in total. The molecule has 1 aromatic rings. The van der Waals surface area contributed by atoms with E-state index in [1.807, 2.05) is 11.8 Å². The Hall–Kier alpha value is -0.510. The molecule has 1 saturated heterocycles. The second-order valence-electron chi connectivity index (χ2n) is 6.92. The van der Waals surface area contributed by atoms with Crippen LogP contribution in [0.1, 0.15) is 36.9 Å². The molecule has 1 aliphatic rings. The van der Waals surface area contributed by atoms with E-state index >= 15 is 0 Å². The van der Waals surface area contributed by atoms with E-state index in [4.69, 9.17) is 9.73 Å². The lowest BCUT2D eigenvalue weighted by Crippen LogP contribution is -2.42. The number of ether oxygens (including phenoxy) is 1. The minimum Gasteiger partial charge on any atom is -0.379 e. The molecule has 1 aromatic carbocycles. The van der Waals surface area contributed by atoms with Crippen LogP contribution >= 0.6 is 35.7 Å². The van der Waals surface area contributed by atoms with Crippen LogP contribution in [0, 0.1) is 6.92 Å². The van der Waals surface area contributed by atoms with Gasteiger partial charge < -0.3 is 15.4 Å². The Morgan fingerprint density at radius 3 is 2.71 bits per heavy atom. The Labute approximate surface area is 192 Å². The van der Waals surface area contributed by atoms with Crippen LogP contribution in [0.3, 0.4) is 0 Å². The molecule has 0 aliphatic carbocycles. The summed E-state index contributed by atoms with van der Waals surface area (Å²) in [6.45, 7) is 10.4. The van der Waals surface area contributed by atoms with Gasteiger partial charge in [-0.1, -0.05) is 29.8 Å². The van der Waals surface area contributed by atoms with E-state index in [-0.39, 0.29) is 24.0 Å². The number of aryl methyl sites for hydroxylation is 1. The summed E-state index contributed by atoms with van der Waals surface area (Å²) in [5, 5.41) is 6.87. The number of rotatable bonds is 10.